The molecule has 100 valence electrons. The number of aliphatic hydroxyl groups excluding tert-OH is 3. The van der Waals surface area contributed by atoms with Gasteiger partial charge in [0.2, 0.25) is 5.79 Å². The van der Waals surface area contributed by atoms with Gasteiger partial charge in [-0.25, -0.2) is 0 Å². The lowest BCUT2D eigenvalue weighted by molar-refractivity contribution is -0.297. The summed E-state index contributed by atoms with van der Waals surface area (Å²) in [5, 5.41) is 38.2. The van der Waals surface area contributed by atoms with Gasteiger partial charge in [0.1, 0.15) is 18.3 Å². The number of aliphatic hydroxyl groups is 4. The van der Waals surface area contributed by atoms with E-state index in [1.54, 1.807) is 0 Å². The smallest absolute Gasteiger partial charge is 0.245 e. The zero-order valence-corrected chi connectivity index (χ0v) is 9.32. The van der Waals surface area contributed by atoms with Crippen LogP contribution < -0.4 is 5.73 Å². The number of carbonyl (C=O) groups excluding carboxylic acids is 1. The van der Waals surface area contributed by atoms with Crippen LogP contribution in [-0.4, -0.2) is 63.0 Å². The predicted octanol–water partition coefficient (Wildman–Crippen LogP) is -2.52. The Morgan fingerprint density at radius 2 is 2.18 bits per heavy atom. The van der Waals surface area contributed by atoms with Gasteiger partial charge in [-0.15, -0.1) is 0 Å². The average Bonchev–Trinajstić information content (AvgIpc) is 2.37. The van der Waals surface area contributed by atoms with Crippen molar-refractivity contribution in [1.82, 2.24) is 0 Å². The zero-order valence-electron chi connectivity index (χ0n) is 10.3. The van der Waals surface area contributed by atoms with Crippen molar-refractivity contribution >= 4 is 5.78 Å². The minimum Gasteiger partial charge on any atom is -0.394 e. The number of nitrogens with two attached hydrogens (primary N) is 1. The highest BCUT2D eigenvalue weighted by molar-refractivity contribution is 5.86. The molecule has 0 aromatic rings. The van der Waals surface area contributed by atoms with Crippen LogP contribution in [0.25, 0.3) is 0 Å². The van der Waals surface area contributed by atoms with Crippen LogP contribution in [0.1, 0.15) is 21.1 Å². The van der Waals surface area contributed by atoms with Gasteiger partial charge in [-0.05, 0) is 6.42 Å². The summed E-state index contributed by atoms with van der Waals surface area (Å²) in [6.07, 6.45) is -4.26. The van der Waals surface area contributed by atoms with E-state index in [9.17, 15) is 20.1 Å². The van der Waals surface area contributed by atoms with Crippen molar-refractivity contribution in [1.29, 1.82) is 0 Å². The van der Waals surface area contributed by atoms with Gasteiger partial charge >= 0.3 is 0 Å². The molecule has 1 heterocycles. The largest absolute Gasteiger partial charge is 0.394 e. The molecule has 17 heavy (non-hydrogen) atoms. The summed E-state index contributed by atoms with van der Waals surface area (Å²) in [6, 6.07) is -1.51. The van der Waals surface area contributed by atoms with E-state index in [0.29, 0.717) is 0 Å². The summed E-state index contributed by atoms with van der Waals surface area (Å²) in [5.74, 6) is -3.21. The van der Waals surface area contributed by atoms with Gasteiger partial charge in [0.05, 0.1) is 12.6 Å². The highest BCUT2D eigenvalue weighted by Gasteiger charge is 2.55. The molecule has 1 aliphatic heterocycles. The number of ketones is 1. The second kappa shape index (κ2) is 5.38. The van der Waals surface area contributed by atoms with E-state index in [2.05, 4.69) is 0 Å². The van der Waals surface area contributed by atoms with E-state index in [-0.39, 0.29) is 19.7 Å². The molecule has 0 amide bonds. The number of hydrogen-bond acceptors (Lipinski definition) is 7. The van der Waals surface area contributed by atoms with Crippen LogP contribution in [0, 0.1) is 0 Å². The first-order valence-corrected chi connectivity index (χ1v) is 5.33. The second-order valence-corrected chi connectivity index (χ2v) is 4.07. The Labute approximate surface area is 100 Å². The highest BCUT2D eigenvalue weighted by atomic mass is 16.7. The molecule has 7 heteroatoms. The third-order valence-corrected chi connectivity index (χ3v) is 2.86. The van der Waals surface area contributed by atoms with Crippen LogP contribution in [0.5, 0.6) is 0 Å². The lowest BCUT2D eigenvalue weighted by atomic mass is 9.87. The molecule has 0 spiro atoms. The average molecular weight is 250 g/mol. The number of rotatable bonds is 4. The van der Waals surface area contributed by atoms with Crippen molar-refractivity contribution in [3.8, 4) is 0 Å². The maximum Gasteiger partial charge on any atom is 0.245 e. The molecule has 1 aliphatic rings. The van der Waals surface area contributed by atoms with Crippen molar-refractivity contribution in [2.45, 2.75) is 49.9 Å². The molecular formula is C10H19NO6. The molecular weight excluding hydrogens is 230 g/mol. The third kappa shape index (κ3) is 2.49. The normalized spacial score (nSPS) is 43.2. The Morgan fingerprint density at radius 3 is 2.71 bits per heavy atom. The molecule has 0 aliphatic carbocycles. The molecule has 0 saturated carbocycles. The molecule has 6 N–H and O–H groups in total. The molecule has 0 radical (unpaired) electrons. The molecule has 1 saturated heterocycles. The fourth-order valence-electron chi connectivity index (χ4n) is 1.78. The summed E-state index contributed by atoms with van der Waals surface area (Å²) >= 11 is 0. The Hall–Kier alpha value is -0.570. The van der Waals surface area contributed by atoms with Gasteiger partial charge in [0.15, 0.2) is 5.78 Å². The first-order chi connectivity index (χ1) is 8.38. The van der Waals surface area contributed by atoms with Crippen molar-refractivity contribution in [2.24, 2.45) is 5.73 Å². The Bertz CT molecular complexity index is 302. The molecule has 7 nitrogen and oxygen atoms in total. The highest BCUT2D eigenvalue weighted by Crippen LogP contribution is 2.28. The molecule has 1 unspecified atom stereocenters. The van der Waals surface area contributed by atoms with Crippen LogP contribution in [-0.2, 0) is 9.53 Å². The fraction of sp³-hybridized carbons (Fsp3) is 0.900. The van der Waals surface area contributed by atoms with Gasteiger partial charge in [-0.1, -0.05) is 6.90 Å². The van der Waals surface area contributed by atoms with E-state index in [1.165, 1.54) is 0 Å². The summed E-state index contributed by atoms with van der Waals surface area (Å²) in [7, 11) is 0. The molecule has 0 aromatic heterocycles. The van der Waals surface area contributed by atoms with Crippen LogP contribution in [0.2, 0.25) is 0 Å². The molecule has 1 fully saturated rings. The Morgan fingerprint density at radius 1 is 1.53 bits per heavy atom. The lowest BCUT2D eigenvalue weighted by Crippen LogP contribution is -2.71. The molecule has 0 aromatic carbocycles. The quantitative estimate of drug-likeness (QED) is 0.372. The second-order valence-electron chi connectivity index (χ2n) is 4.07. The van der Waals surface area contributed by atoms with Gasteiger partial charge in [0, 0.05) is 7.79 Å². The SMILES string of the molecule is [2H]CCCC(=O)C1(O)O[C@H](CO)[C@@H](O)[C@H](O)[C@@H]1N. The summed E-state index contributed by atoms with van der Waals surface area (Å²) in [5.41, 5.74) is 5.50. The third-order valence-electron chi connectivity index (χ3n) is 2.86. The number of hydrogen-bond donors (Lipinski definition) is 5. The molecule has 1 rings (SSSR count). The van der Waals surface area contributed by atoms with Gasteiger partial charge in [-0.2, -0.15) is 0 Å². The Kier molecular flexibility index (Phi) is 4.08. The Balaban J connectivity index is 2.87. The van der Waals surface area contributed by atoms with E-state index in [1.807, 2.05) is 0 Å². The van der Waals surface area contributed by atoms with Gasteiger partial charge in [0.25, 0.3) is 0 Å². The van der Waals surface area contributed by atoms with E-state index in [0.717, 1.165) is 0 Å². The van der Waals surface area contributed by atoms with Gasteiger partial charge < -0.3 is 30.9 Å². The number of ether oxygens (including phenoxy) is 1. The fourth-order valence-corrected chi connectivity index (χ4v) is 1.78. The minimum absolute atomic E-state index is 0.00562. The van der Waals surface area contributed by atoms with Crippen LogP contribution in [0.15, 0.2) is 0 Å². The summed E-state index contributed by atoms with van der Waals surface area (Å²) < 4.78 is 11.9. The summed E-state index contributed by atoms with van der Waals surface area (Å²) in [4.78, 5) is 11.8. The number of Topliss-reactive ketones (excluding diaryl/α,β-unsaturated/α-hetero) is 1. The van der Waals surface area contributed by atoms with E-state index < -0.39 is 42.5 Å². The predicted molar refractivity (Wildman–Crippen MR) is 56.8 cm³/mol. The van der Waals surface area contributed by atoms with E-state index >= 15 is 0 Å². The maximum absolute atomic E-state index is 11.8. The van der Waals surface area contributed by atoms with Crippen molar-refractivity contribution < 1.29 is 31.3 Å². The zero-order chi connectivity index (χ0) is 13.9. The van der Waals surface area contributed by atoms with Crippen LogP contribution in [0.4, 0.5) is 0 Å². The molecule has 5 atom stereocenters. The monoisotopic (exact) mass is 250 g/mol. The van der Waals surface area contributed by atoms with E-state index in [4.69, 9.17) is 16.9 Å². The first kappa shape index (κ1) is 12.9. The topological polar surface area (TPSA) is 133 Å². The van der Waals surface area contributed by atoms with Crippen molar-refractivity contribution in [2.75, 3.05) is 6.61 Å². The first-order valence-electron chi connectivity index (χ1n) is 6.04. The van der Waals surface area contributed by atoms with Gasteiger partial charge in [-0.3, -0.25) is 4.79 Å². The summed E-state index contributed by atoms with van der Waals surface area (Å²) in [6.45, 7) is -0.662. The van der Waals surface area contributed by atoms with Crippen LogP contribution >= 0.6 is 0 Å². The molecule has 0 bridgehead atoms. The maximum atomic E-state index is 11.8. The van der Waals surface area contributed by atoms with Crippen LogP contribution in [0.3, 0.4) is 0 Å². The van der Waals surface area contributed by atoms with Crippen molar-refractivity contribution in [3.63, 3.8) is 0 Å². The minimum atomic E-state index is -2.44. The standard InChI is InChI=1S/C10H19NO6/c1-2-3-6(13)10(16)9(11)8(15)7(14)5(4-12)17-10/h5,7-9,12,14-16H,2-4,11H2,1H3/t5-,7-,8+,9+,10?/m1/s1/i1D. The number of carbonyl (C=O) groups is 1. The lowest BCUT2D eigenvalue weighted by Gasteiger charge is -2.45. The van der Waals surface area contributed by atoms with Crippen molar-refractivity contribution in [3.05, 3.63) is 0 Å².